The van der Waals surface area contributed by atoms with Gasteiger partial charge in [0, 0.05) is 24.7 Å². The van der Waals surface area contributed by atoms with Gasteiger partial charge in [-0.05, 0) is 54.9 Å². The molecule has 0 unspecified atom stereocenters. The van der Waals surface area contributed by atoms with Crippen molar-refractivity contribution >= 4 is 17.6 Å². The Morgan fingerprint density at radius 2 is 1.77 bits per heavy atom. The van der Waals surface area contributed by atoms with Gasteiger partial charge in [-0.2, -0.15) is 0 Å². The summed E-state index contributed by atoms with van der Waals surface area (Å²) in [5.74, 6) is 0.168. The monoisotopic (exact) mass is 427 g/mol. The molecule has 0 aromatic heterocycles. The van der Waals surface area contributed by atoms with Gasteiger partial charge < -0.3 is 14.7 Å². The highest BCUT2D eigenvalue weighted by Crippen LogP contribution is 2.55. The zero-order chi connectivity index (χ0) is 21.2. The number of benzene rings is 2. The summed E-state index contributed by atoms with van der Waals surface area (Å²) in [6.45, 7) is 4.96. The van der Waals surface area contributed by atoms with E-state index in [9.17, 15) is 9.90 Å². The minimum absolute atomic E-state index is 0.0878. The molecule has 1 saturated carbocycles. The number of hydrogen-bond donors (Lipinski definition) is 1. The Morgan fingerprint density at radius 1 is 1.10 bits per heavy atom. The number of aliphatic hydroxyl groups is 1. The summed E-state index contributed by atoms with van der Waals surface area (Å²) in [7, 11) is 0. The van der Waals surface area contributed by atoms with Crippen molar-refractivity contribution in [2.45, 2.75) is 43.6 Å². The van der Waals surface area contributed by atoms with Crippen LogP contribution in [0.25, 0.3) is 0 Å². The molecule has 0 amide bonds. The molecule has 0 spiro atoms. The van der Waals surface area contributed by atoms with E-state index in [2.05, 4.69) is 4.90 Å². The average Bonchev–Trinajstić information content (AvgIpc) is 3.50. The predicted octanol–water partition coefficient (Wildman–Crippen LogP) is 4.53. The minimum Gasteiger partial charge on any atom is -0.465 e. The lowest BCUT2D eigenvalue weighted by Gasteiger charge is -2.39. The maximum Gasteiger partial charge on any atom is 0.316 e. The van der Waals surface area contributed by atoms with Gasteiger partial charge in [-0.3, -0.25) is 4.79 Å². The molecule has 2 aromatic rings. The Balaban J connectivity index is 1.41. The first-order valence-corrected chi connectivity index (χ1v) is 11.3. The van der Waals surface area contributed by atoms with Crippen molar-refractivity contribution in [3.05, 3.63) is 70.7 Å². The van der Waals surface area contributed by atoms with Crippen molar-refractivity contribution in [1.29, 1.82) is 0 Å². The van der Waals surface area contributed by atoms with Crippen molar-refractivity contribution in [3.8, 4) is 0 Å². The molecule has 4 rings (SSSR count). The van der Waals surface area contributed by atoms with Crippen LogP contribution in [-0.2, 0) is 20.5 Å². The largest absolute Gasteiger partial charge is 0.465 e. The van der Waals surface area contributed by atoms with Crippen molar-refractivity contribution in [3.63, 3.8) is 0 Å². The molecular weight excluding hydrogens is 398 g/mol. The molecule has 2 atom stereocenters. The van der Waals surface area contributed by atoms with Crippen molar-refractivity contribution in [2.75, 3.05) is 26.2 Å². The molecule has 0 radical (unpaired) electrons. The van der Waals surface area contributed by atoms with Gasteiger partial charge in [-0.15, -0.1) is 0 Å². The maximum absolute atomic E-state index is 13.0. The van der Waals surface area contributed by atoms with Gasteiger partial charge >= 0.3 is 5.97 Å². The number of halogens is 1. The van der Waals surface area contributed by atoms with E-state index in [0.717, 1.165) is 43.6 Å². The average molecular weight is 428 g/mol. The molecule has 2 aliphatic rings. The van der Waals surface area contributed by atoms with E-state index < -0.39 is 11.0 Å². The maximum atomic E-state index is 13.0. The third-order valence-corrected chi connectivity index (χ3v) is 6.99. The van der Waals surface area contributed by atoms with E-state index in [0.29, 0.717) is 24.5 Å². The number of piperidine rings is 1. The number of hydrogen-bond acceptors (Lipinski definition) is 4. The number of ether oxygens (including phenoxy) is 1. The molecule has 1 N–H and O–H groups in total. The molecule has 1 aliphatic carbocycles. The normalized spacial score (nSPS) is 25.6. The van der Waals surface area contributed by atoms with Gasteiger partial charge in [0.15, 0.2) is 0 Å². The fourth-order valence-corrected chi connectivity index (χ4v) is 4.92. The molecule has 30 heavy (non-hydrogen) atoms. The highest BCUT2D eigenvalue weighted by atomic mass is 35.5. The summed E-state index contributed by atoms with van der Waals surface area (Å²) in [4.78, 5) is 15.3. The molecule has 2 fully saturated rings. The second-order valence-corrected chi connectivity index (χ2v) is 9.15. The van der Waals surface area contributed by atoms with Gasteiger partial charge in [0.1, 0.15) is 0 Å². The Kier molecular flexibility index (Phi) is 6.19. The summed E-state index contributed by atoms with van der Waals surface area (Å²) in [6.07, 6.45) is 3.02. The van der Waals surface area contributed by atoms with E-state index in [-0.39, 0.29) is 11.9 Å². The Labute approximate surface area is 183 Å². The second kappa shape index (κ2) is 8.70. The number of carbonyl (C=O) groups is 1. The summed E-state index contributed by atoms with van der Waals surface area (Å²) in [5, 5.41) is 11.8. The van der Waals surface area contributed by atoms with Gasteiger partial charge in [-0.1, -0.05) is 61.0 Å². The van der Waals surface area contributed by atoms with Gasteiger partial charge in [0.2, 0.25) is 0 Å². The summed E-state index contributed by atoms with van der Waals surface area (Å²) < 4.78 is 5.58. The molecule has 4 nitrogen and oxygen atoms in total. The lowest BCUT2D eigenvalue weighted by molar-refractivity contribution is -0.147. The number of nitrogens with zero attached hydrogens (tertiary/aromatic N) is 1. The fraction of sp³-hybridized carbons (Fsp3) is 0.480. The van der Waals surface area contributed by atoms with Crippen LogP contribution in [-0.4, -0.2) is 42.2 Å². The number of esters is 1. The molecule has 1 aliphatic heterocycles. The zero-order valence-corrected chi connectivity index (χ0v) is 18.3. The number of carbonyl (C=O) groups excluding carboxylic acids is 1. The van der Waals surface area contributed by atoms with E-state index in [1.165, 1.54) is 0 Å². The van der Waals surface area contributed by atoms with Gasteiger partial charge in [0.05, 0.1) is 17.6 Å². The molecular formula is C25H30ClNO3. The smallest absolute Gasteiger partial charge is 0.316 e. The third kappa shape index (κ3) is 4.14. The van der Waals surface area contributed by atoms with Crippen LogP contribution in [0, 0.1) is 5.92 Å². The Hall–Kier alpha value is -1.88. The summed E-state index contributed by atoms with van der Waals surface area (Å²) in [6, 6.07) is 17.6. The second-order valence-electron chi connectivity index (χ2n) is 8.71. The van der Waals surface area contributed by atoms with E-state index in [1.807, 2.05) is 61.5 Å². The third-order valence-electron chi connectivity index (χ3n) is 6.74. The van der Waals surface area contributed by atoms with Crippen molar-refractivity contribution in [1.82, 2.24) is 4.90 Å². The van der Waals surface area contributed by atoms with E-state index in [1.54, 1.807) is 0 Å². The quantitative estimate of drug-likeness (QED) is 0.659. The summed E-state index contributed by atoms with van der Waals surface area (Å²) >= 11 is 5.99. The first-order valence-electron chi connectivity index (χ1n) is 10.9. The lowest BCUT2D eigenvalue weighted by atomic mass is 9.84. The van der Waals surface area contributed by atoms with Gasteiger partial charge in [-0.25, -0.2) is 0 Å². The lowest BCUT2D eigenvalue weighted by Crippen LogP contribution is -2.44. The summed E-state index contributed by atoms with van der Waals surface area (Å²) in [5.41, 5.74) is 0.673. The first kappa shape index (κ1) is 21.4. The van der Waals surface area contributed by atoms with Crippen LogP contribution in [0.1, 0.15) is 43.7 Å². The van der Waals surface area contributed by atoms with Crippen LogP contribution in [0.3, 0.4) is 0 Å². The molecule has 1 saturated heterocycles. The number of rotatable bonds is 7. The van der Waals surface area contributed by atoms with Crippen LogP contribution in [0.2, 0.25) is 5.02 Å². The highest BCUT2D eigenvalue weighted by Gasteiger charge is 2.62. The SMILES string of the molecule is CCCOC(=O)[C@@]1(c2ccccc2)C[C@H]1CN1CCC(O)(c2ccc(Cl)cc2)CC1. The van der Waals surface area contributed by atoms with Crippen LogP contribution >= 0.6 is 11.6 Å². The molecule has 2 aromatic carbocycles. The van der Waals surface area contributed by atoms with Crippen molar-refractivity contribution < 1.29 is 14.6 Å². The fourth-order valence-electron chi connectivity index (χ4n) is 4.80. The number of likely N-dealkylation sites (tertiary alicyclic amines) is 1. The van der Waals surface area contributed by atoms with Crippen LogP contribution in [0.15, 0.2) is 54.6 Å². The van der Waals surface area contributed by atoms with Crippen molar-refractivity contribution in [2.24, 2.45) is 5.92 Å². The Morgan fingerprint density at radius 3 is 2.40 bits per heavy atom. The highest BCUT2D eigenvalue weighted by molar-refractivity contribution is 6.30. The van der Waals surface area contributed by atoms with Gasteiger partial charge in [0.25, 0.3) is 0 Å². The Bertz CT molecular complexity index is 862. The van der Waals surface area contributed by atoms with Crippen LogP contribution in [0.5, 0.6) is 0 Å². The predicted molar refractivity (Wildman–Crippen MR) is 118 cm³/mol. The first-order chi connectivity index (χ1) is 14.5. The topological polar surface area (TPSA) is 49.8 Å². The standard InChI is InChI=1S/C25H30ClNO3/c1-2-16-30-23(28)25(20-6-4-3-5-7-20)17-21(25)18-27-14-12-24(29,13-15-27)19-8-10-22(26)11-9-19/h3-11,21,29H,2,12-18H2,1H3/t21-,25+/m0/s1. The van der Waals surface area contributed by atoms with Crippen LogP contribution in [0.4, 0.5) is 0 Å². The van der Waals surface area contributed by atoms with Crippen LogP contribution < -0.4 is 0 Å². The molecule has 0 bridgehead atoms. The molecule has 160 valence electrons. The molecule has 1 heterocycles. The molecule has 5 heteroatoms. The van der Waals surface area contributed by atoms with E-state index >= 15 is 0 Å². The van der Waals surface area contributed by atoms with E-state index in [4.69, 9.17) is 16.3 Å². The minimum atomic E-state index is -0.804. The zero-order valence-electron chi connectivity index (χ0n) is 17.5.